The predicted molar refractivity (Wildman–Crippen MR) is 108 cm³/mol. The Kier molecular flexibility index (Phi) is 9.11. The summed E-state index contributed by atoms with van der Waals surface area (Å²) in [6.07, 6.45) is 1.48. The summed E-state index contributed by atoms with van der Waals surface area (Å²) in [4.78, 5) is 15.1. The Labute approximate surface area is 161 Å². The summed E-state index contributed by atoms with van der Waals surface area (Å²) in [6.45, 7) is 11.6. The molecule has 0 saturated heterocycles. The molecule has 0 heterocycles. The first kappa shape index (κ1) is 22.1. The van der Waals surface area contributed by atoms with Gasteiger partial charge in [0.2, 0.25) is 0 Å². The van der Waals surface area contributed by atoms with E-state index in [4.69, 9.17) is 22.1 Å². The number of thioether (sulfide) groups is 1. The molecule has 6 heteroatoms. The van der Waals surface area contributed by atoms with Gasteiger partial charge in [0.15, 0.2) is 0 Å². The topological polar surface area (TPSA) is 55.6 Å². The smallest absolute Gasteiger partial charge is 0.410 e. The highest BCUT2D eigenvalue weighted by molar-refractivity contribution is 7.99. The van der Waals surface area contributed by atoms with Crippen LogP contribution in [0.4, 0.5) is 4.79 Å². The van der Waals surface area contributed by atoms with Crippen molar-refractivity contribution in [2.45, 2.75) is 58.0 Å². The van der Waals surface area contributed by atoms with Crippen LogP contribution in [0.3, 0.4) is 0 Å². The van der Waals surface area contributed by atoms with Crippen LogP contribution in [0.2, 0.25) is 5.02 Å². The number of nitrogens with zero attached hydrogens (tertiary/aromatic N) is 1. The Morgan fingerprint density at radius 3 is 2.60 bits per heavy atom. The number of hydrogen-bond acceptors (Lipinski definition) is 4. The van der Waals surface area contributed by atoms with Crippen molar-refractivity contribution in [2.24, 2.45) is 5.73 Å². The van der Waals surface area contributed by atoms with Crippen LogP contribution in [0.25, 0.3) is 0 Å². The Hall–Kier alpha value is -0.910. The molecule has 1 rings (SSSR count). The van der Waals surface area contributed by atoms with Crippen LogP contribution >= 0.6 is 23.4 Å². The molecule has 4 nitrogen and oxygen atoms in total. The molecule has 1 aromatic carbocycles. The molecule has 0 atom stereocenters. The third kappa shape index (κ3) is 7.47. The fraction of sp³-hybridized carbons (Fsp3) is 0.632. The summed E-state index contributed by atoms with van der Waals surface area (Å²) in [5.74, 6) is 0.958. The summed E-state index contributed by atoms with van der Waals surface area (Å²) in [6, 6.07) is 3.99. The summed E-state index contributed by atoms with van der Waals surface area (Å²) in [5.41, 5.74) is 7.49. The number of likely N-dealkylation sites (N-methyl/N-ethyl adjacent to an activating group) is 1. The number of nitrogens with two attached hydrogens (primary N) is 1. The molecular weight excluding hydrogens is 356 g/mol. The zero-order valence-corrected chi connectivity index (χ0v) is 17.6. The number of halogens is 1. The average Bonchev–Trinajstić information content (AvgIpc) is 2.51. The van der Waals surface area contributed by atoms with Gasteiger partial charge >= 0.3 is 6.09 Å². The van der Waals surface area contributed by atoms with E-state index in [9.17, 15) is 4.79 Å². The maximum absolute atomic E-state index is 12.3. The van der Waals surface area contributed by atoms with Crippen molar-refractivity contribution in [3.63, 3.8) is 0 Å². The minimum atomic E-state index is -0.479. The zero-order chi connectivity index (χ0) is 19.0. The van der Waals surface area contributed by atoms with Gasteiger partial charge in [-0.15, -0.1) is 11.8 Å². The Balaban J connectivity index is 2.78. The third-order valence-corrected chi connectivity index (χ3v) is 5.48. The van der Waals surface area contributed by atoms with Crippen LogP contribution < -0.4 is 5.73 Å². The molecule has 25 heavy (non-hydrogen) atoms. The van der Waals surface area contributed by atoms with Crippen LogP contribution in [0, 0.1) is 6.92 Å². The van der Waals surface area contributed by atoms with Gasteiger partial charge in [-0.05, 0) is 77.0 Å². The van der Waals surface area contributed by atoms with E-state index in [1.807, 2.05) is 39.8 Å². The van der Waals surface area contributed by atoms with Gasteiger partial charge in [0.05, 0.1) is 5.02 Å². The average molecular weight is 387 g/mol. The number of benzene rings is 1. The summed E-state index contributed by atoms with van der Waals surface area (Å²) in [7, 11) is 0. The number of ether oxygens (including phenoxy) is 1. The van der Waals surface area contributed by atoms with Crippen molar-refractivity contribution in [3.8, 4) is 0 Å². The number of amides is 1. The van der Waals surface area contributed by atoms with E-state index in [0.29, 0.717) is 19.6 Å². The van der Waals surface area contributed by atoms with Crippen LogP contribution in [0.15, 0.2) is 17.0 Å². The molecule has 0 aromatic heterocycles. The van der Waals surface area contributed by atoms with Crippen LogP contribution in [0.1, 0.15) is 45.2 Å². The van der Waals surface area contributed by atoms with Crippen LogP contribution in [-0.4, -0.2) is 42.0 Å². The molecule has 0 radical (unpaired) electrons. The molecule has 0 aliphatic carbocycles. The highest BCUT2D eigenvalue weighted by atomic mass is 35.5. The molecule has 0 bridgehead atoms. The van der Waals surface area contributed by atoms with E-state index < -0.39 is 5.60 Å². The van der Waals surface area contributed by atoms with Gasteiger partial charge in [-0.25, -0.2) is 4.79 Å². The molecule has 0 unspecified atom stereocenters. The van der Waals surface area contributed by atoms with Gasteiger partial charge in [0.25, 0.3) is 0 Å². The molecule has 0 aliphatic heterocycles. The normalized spacial score (nSPS) is 11.5. The van der Waals surface area contributed by atoms with Crippen molar-refractivity contribution in [2.75, 3.05) is 25.4 Å². The van der Waals surface area contributed by atoms with Gasteiger partial charge in [-0.3, -0.25) is 0 Å². The fourth-order valence-corrected chi connectivity index (χ4v) is 3.80. The quantitative estimate of drug-likeness (QED) is 0.510. The first-order valence-electron chi connectivity index (χ1n) is 8.78. The lowest BCUT2D eigenvalue weighted by Crippen LogP contribution is -2.37. The Bertz CT molecular complexity index is 573. The second kappa shape index (κ2) is 10.3. The largest absolute Gasteiger partial charge is 0.444 e. The predicted octanol–water partition coefficient (Wildman–Crippen LogP) is 4.89. The molecule has 0 fully saturated rings. The number of hydrogen-bond donors (Lipinski definition) is 1. The van der Waals surface area contributed by atoms with E-state index in [2.05, 4.69) is 6.92 Å². The van der Waals surface area contributed by atoms with Gasteiger partial charge in [-0.1, -0.05) is 17.7 Å². The molecule has 2 N–H and O–H groups in total. The van der Waals surface area contributed by atoms with Gasteiger partial charge < -0.3 is 15.4 Å². The molecule has 142 valence electrons. The first-order valence-corrected chi connectivity index (χ1v) is 10.1. The number of carbonyl (C=O) groups is 1. The maximum Gasteiger partial charge on any atom is 0.410 e. The van der Waals surface area contributed by atoms with Crippen LogP contribution in [0.5, 0.6) is 0 Å². The van der Waals surface area contributed by atoms with E-state index >= 15 is 0 Å². The Morgan fingerprint density at radius 2 is 2.04 bits per heavy atom. The maximum atomic E-state index is 12.3. The zero-order valence-electron chi connectivity index (χ0n) is 16.0. The lowest BCUT2D eigenvalue weighted by Gasteiger charge is -2.26. The molecule has 1 amide bonds. The van der Waals surface area contributed by atoms with E-state index in [1.54, 1.807) is 16.7 Å². The lowest BCUT2D eigenvalue weighted by atomic mass is 10.1. The van der Waals surface area contributed by atoms with Crippen molar-refractivity contribution in [1.29, 1.82) is 0 Å². The summed E-state index contributed by atoms with van der Waals surface area (Å²) in [5, 5.41) is 0.780. The minimum Gasteiger partial charge on any atom is -0.444 e. The molecule has 1 aromatic rings. The Morgan fingerprint density at radius 1 is 1.36 bits per heavy atom. The molecule has 0 saturated carbocycles. The van der Waals surface area contributed by atoms with E-state index in [1.165, 1.54) is 11.1 Å². The SMILES string of the molecule is CCN(CCc1ccc(Cl)c(SCCCN)c1C)C(=O)OC(C)(C)C. The third-order valence-electron chi connectivity index (χ3n) is 3.75. The summed E-state index contributed by atoms with van der Waals surface area (Å²) >= 11 is 8.11. The first-order chi connectivity index (χ1) is 11.7. The van der Waals surface area contributed by atoms with Gasteiger partial charge in [0.1, 0.15) is 5.60 Å². The second-order valence-electron chi connectivity index (χ2n) is 6.96. The van der Waals surface area contributed by atoms with Crippen molar-refractivity contribution in [3.05, 3.63) is 28.3 Å². The monoisotopic (exact) mass is 386 g/mol. The van der Waals surface area contributed by atoms with Gasteiger partial charge in [-0.2, -0.15) is 0 Å². The highest BCUT2D eigenvalue weighted by Crippen LogP contribution is 2.33. The van der Waals surface area contributed by atoms with Crippen LogP contribution in [-0.2, 0) is 11.2 Å². The minimum absolute atomic E-state index is 0.265. The highest BCUT2D eigenvalue weighted by Gasteiger charge is 2.21. The molecule has 0 spiro atoms. The van der Waals surface area contributed by atoms with Gasteiger partial charge in [0, 0.05) is 18.0 Å². The number of carbonyl (C=O) groups excluding carboxylic acids is 1. The van der Waals surface area contributed by atoms with Crippen molar-refractivity contribution in [1.82, 2.24) is 4.90 Å². The van der Waals surface area contributed by atoms with Crippen molar-refractivity contribution >= 4 is 29.5 Å². The molecule has 0 aliphatic rings. The van der Waals surface area contributed by atoms with E-state index in [0.717, 1.165) is 28.5 Å². The fourth-order valence-electron chi connectivity index (χ4n) is 2.37. The standard InChI is InChI=1S/C19H31ClN2O2S/c1-6-22(18(23)24-19(3,4)5)12-10-15-8-9-16(20)17(14(15)2)25-13-7-11-21/h8-9H,6-7,10-13,21H2,1-5H3. The van der Waals surface area contributed by atoms with E-state index in [-0.39, 0.29) is 6.09 Å². The number of rotatable bonds is 8. The second-order valence-corrected chi connectivity index (χ2v) is 8.47. The van der Waals surface area contributed by atoms with Crippen molar-refractivity contribution < 1.29 is 9.53 Å². The summed E-state index contributed by atoms with van der Waals surface area (Å²) < 4.78 is 5.47. The lowest BCUT2D eigenvalue weighted by molar-refractivity contribution is 0.0262. The molecular formula is C19H31ClN2O2S.